The molecule has 1 saturated heterocycles. The van der Waals surface area contributed by atoms with Crippen molar-refractivity contribution in [2.45, 2.75) is 18.7 Å². The predicted molar refractivity (Wildman–Crippen MR) is 78.9 cm³/mol. The fourth-order valence-electron chi connectivity index (χ4n) is 3.22. The molecular formula is C16H18N2O4. The van der Waals surface area contributed by atoms with Gasteiger partial charge in [0.25, 0.3) is 0 Å². The number of rotatable bonds is 3. The Kier molecular flexibility index (Phi) is 3.85. The summed E-state index contributed by atoms with van der Waals surface area (Å²) >= 11 is 0. The first-order chi connectivity index (χ1) is 10.6. The predicted octanol–water partition coefficient (Wildman–Crippen LogP) is 1.22. The molecule has 4 unspecified atom stereocenters. The van der Waals surface area contributed by atoms with E-state index in [0.29, 0.717) is 6.54 Å². The number of carbonyl (C=O) groups is 2. The topological polar surface area (TPSA) is 92.9 Å². The van der Waals surface area contributed by atoms with Crippen LogP contribution < -0.4 is 5.73 Å². The molecule has 0 radical (unpaired) electrons. The van der Waals surface area contributed by atoms with Crippen molar-refractivity contribution in [3.8, 4) is 0 Å². The second-order valence-electron chi connectivity index (χ2n) is 5.68. The summed E-state index contributed by atoms with van der Waals surface area (Å²) in [6, 6.07) is 8.16. The van der Waals surface area contributed by atoms with Gasteiger partial charge in [0.1, 0.15) is 12.6 Å². The van der Waals surface area contributed by atoms with Gasteiger partial charge in [0.2, 0.25) is 0 Å². The number of hydrogen-bond acceptors (Lipinski definition) is 4. The van der Waals surface area contributed by atoms with Crippen molar-refractivity contribution in [3.63, 3.8) is 0 Å². The summed E-state index contributed by atoms with van der Waals surface area (Å²) in [7, 11) is 0. The number of carbonyl (C=O) groups excluding carboxylic acids is 1. The molecule has 0 aromatic heterocycles. The van der Waals surface area contributed by atoms with Crippen LogP contribution in [0.25, 0.3) is 0 Å². The van der Waals surface area contributed by atoms with Crippen LogP contribution in [-0.4, -0.2) is 40.7 Å². The number of nitrogens with two attached hydrogens (primary N) is 1. The smallest absolute Gasteiger partial charge is 0.410 e. The van der Waals surface area contributed by atoms with E-state index < -0.39 is 18.1 Å². The quantitative estimate of drug-likeness (QED) is 0.819. The summed E-state index contributed by atoms with van der Waals surface area (Å²) in [6.07, 6.45) is 3.02. The second kappa shape index (κ2) is 5.81. The molecule has 1 aromatic rings. The van der Waals surface area contributed by atoms with Gasteiger partial charge in [0, 0.05) is 24.4 Å². The number of likely N-dealkylation sites (tertiary alicyclic amines) is 1. The molecule has 0 spiro atoms. The normalized spacial score (nSPS) is 29.4. The fourth-order valence-corrected chi connectivity index (χ4v) is 3.22. The van der Waals surface area contributed by atoms with Crippen molar-refractivity contribution in [1.82, 2.24) is 4.90 Å². The van der Waals surface area contributed by atoms with Gasteiger partial charge in [0.05, 0.1) is 0 Å². The highest BCUT2D eigenvalue weighted by Crippen LogP contribution is 2.37. The van der Waals surface area contributed by atoms with E-state index in [4.69, 9.17) is 10.5 Å². The lowest BCUT2D eigenvalue weighted by molar-refractivity contribution is -0.142. The van der Waals surface area contributed by atoms with Gasteiger partial charge < -0.3 is 15.6 Å². The Balaban J connectivity index is 1.69. The molecule has 0 bridgehead atoms. The summed E-state index contributed by atoms with van der Waals surface area (Å²) in [5.41, 5.74) is 6.81. The summed E-state index contributed by atoms with van der Waals surface area (Å²) < 4.78 is 5.25. The number of nitrogens with zero attached hydrogens (tertiary/aromatic N) is 1. The third-order valence-electron chi connectivity index (χ3n) is 4.34. The van der Waals surface area contributed by atoms with Crippen molar-refractivity contribution in [2.24, 2.45) is 17.6 Å². The van der Waals surface area contributed by atoms with Crippen LogP contribution in [0.5, 0.6) is 0 Å². The van der Waals surface area contributed by atoms with Gasteiger partial charge in [-0.05, 0) is 5.56 Å². The molecule has 6 heteroatoms. The van der Waals surface area contributed by atoms with Crippen molar-refractivity contribution in [2.75, 3.05) is 6.54 Å². The minimum absolute atomic E-state index is 0.0506. The number of ether oxygens (including phenoxy) is 1. The highest BCUT2D eigenvalue weighted by Gasteiger charge is 2.50. The molecule has 1 aromatic carbocycles. The van der Waals surface area contributed by atoms with E-state index in [9.17, 15) is 14.7 Å². The molecule has 1 fully saturated rings. The third-order valence-corrected chi connectivity index (χ3v) is 4.34. The summed E-state index contributed by atoms with van der Waals surface area (Å²) in [5.74, 6) is -1.31. The number of carboxylic acid groups (broad SMARTS) is 1. The lowest BCUT2D eigenvalue weighted by atomic mass is 9.92. The molecule has 3 rings (SSSR count). The standard InChI is InChI=1S/C16H18N2O4/c17-13-7-6-11-12(13)8-18(14(11)15(19)20)16(21)22-9-10-4-2-1-3-5-10/h1-7,11-14H,8-9,17H2,(H,19,20). The third kappa shape index (κ3) is 2.57. The van der Waals surface area contributed by atoms with Crippen molar-refractivity contribution in [3.05, 3.63) is 48.0 Å². The maximum Gasteiger partial charge on any atom is 0.410 e. The van der Waals surface area contributed by atoms with E-state index in [1.807, 2.05) is 36.4 Å². The molecule has 3 N–H and O–H groups in total. The first-order valence-electron chi connectivity index (χ1n) is 7.22. The Morgan fingerprint density at radius 2 is 2.00 bits per heavy atom. The SMILES string of the molecule is NC1C=CC2C1CN(C(=O)OCc1ccccc1)C2C(=O)O. The summed E-state index contributed by atoms with van der Waals surface area (Å²) in [6.45, 7) is 0.434. The van der Waals surface area contributed by atoms with E-state index >= 15 is 0 Å². The van der Waals surface area contributed by atoms with Gasteiger partial charge in [-0.1, -0.05) is 42.5 Å². The Labute approximate surface area is 128 Å². The molecule has 0 saturated carbocycles. The second-order valence-corrected chi connectivity index (χ2v) is 5.68. The fraction of sp³-hybridized carbons (Fsp3) is 0.375. The largest absolute Gasteiger partial charge is 0.480 e. The number of carboxylic acids is 1. The van der Waals surface area contributed by atoms with Gasteiger partial charge in [-0.15, -0.1) is 0 Å². The molecule has 116 valence electrons. The summed E-state index contributed by atoms with van der Waals surface area (Å²) in [4.78, 5) is 25.0. The van der Waals surface area contributed by atoms with E-state index in [1.54, 1.807) is 6.08 Å². The summed E-state index contributed by atoms with van der Waals surface area (Å²) in [5, 5.41) is 9.43. The number of fused-ring (bicyclic) bond motifs is 1. The monoisotopic (exact) mass is 302 g/mol. The van der Waals surface area contributed by atoms with Crippen LogP contribution in [0.3, 0.4) is 0 Å². The molecule has 22 heavy (non-hydrogen) atoms. The van der Waals surface area contributed by atoms with E-state index in [2.05, 4.69) is 0 Å². The first-order valence-corrected chi connectivity index (χ1v) is 7.22. The number of benzene rings is 1. The van der Waals surface area contributed by atoms with Crippen LogP contribution in [0.4, 0.5) is 4.79 Å². The zero-order valence-electron chi connectivity index (χ0n) is 12.0. The van der Waals surface area contributed by atoms with E-state index in [0.717, 1.165) is 5.56 Å². The van der Waals surface area contributed by atoms with Crippen molar-refractivity contribution in [1.29, 1.82) is 0 Å². The minimum Gasteiger partial charge on any atom is -0.480 e. The van der Waals surface area contributed by atoms with Crippen LogP contribution in [0.1, 0.15) is 5.56 Å². The highest BCUT2D eigenvalue weighted by atomic mass is 16.6. The van der Waals surface area contributed by atoms with Crippen LogP contribution in [0.2, 0.25) is 0 Å². The molecular weight excluding hydrogens is 284 g/mol. The van der Waals surface area contributed by atoms with Crippen LogP contribution in [0.15, 0.2) is 42.5 Å². The van der Waals surface area contributed by atoms with Crippen molar-refractivity contribution < 1.29 is 19.4 Å². The zero-order valence-corrected chi connectivity index (χ0v) is 12.0. The van der Waals surface area contributed by atoms with Gasteiger partial charge in [-0.25, -0.2) is 9.59 Å². The maximum absolute atomic E-state index is 12.2. The van der Waals surface area contributed by atoms with Crippen LogP contribution in [-0.2, 0) is 16.1 Å². The Bertz CT molecular complexity index is 601. The molecule has 2 aliphatic rings. The molecule has 1 aliphatic heterocycles. The van der Waals surface area contributed by atoms with Crippen LogP contribution in [0, 0.1) is 11.8 Å². The average Bonchev–Trinajstić information content (AvgIpc) is 3.06. The van der Waals surface area contributed by atoms with Crippen LogP contribution >= 0.6 is 0 Å². The molecule has 1 amide bonds. The average molecular weight is 302 g/mol. The zero-order chi connectivity index (χ0) is 15.7. The Morgan fingerprint density at radius 1 is 1.27 bits per heavy atom. The number of aliphatic carboxylic acids is 1. The van der Waals surface area contributed by atoms with Gasteiger partial charge in [0.15, 0.2) is 0 Å². The molecule has 4 atom stereocenters. The van der Waals surface area contributed by atoms with E-state index in [1.165, 1.54) is 4.90 Å². The molecule has 1 heterocycles. The van der Waals surface area contributed by atoms with E-state index in [-0.39, 0.29) is 24.5 Å². The number of hydrogen-bond donors (Lipinski definition) is 2. The molecule has 6 nitrogen and oxygen atoms in total. The Hall–Kier alpha value is -2.34. The van der Waals surface area contributed by atoms with Crippen molar-refractivity contribution >= 4 is 12.1 Å². The first kappa shape index (κ1) is 14.6. The lowest BCUT2D eigenvalue weighted by Crippen LogP contribution is -2.43. The number of amides is 1. The lowest BCUT2D eigenvalue weighted by Gasteiger charge is -2.22. The minimum atomic E-state index is -1.03. The molecule has 1 aliphatic carbocycles. The van der Waals surface area contributed by atoms with Gasteiger partial charge in [-0.3, -0.25) is 4.90 Å². The van der Waals surface area contributed by atoms with Gasteiger partial charge in [-0.2, -0.15) is 0 Å². The highest BCUT2D eigenvalue weighted by molar-refractivity contribution is 5.82. The van der Waals surface area contributed by atoms with Gasteiger partial charge >= 0.3 is 12.1 Å². The Morgan fingerprint density at radius 3 is 2.68 bits per heavy atom. The maximum atomic E-state index is 12.2.